The second kappa shape index (κ2) is 11.0. The first kappa shape index (κ1) is 29.8. The minimum absolute atomic E-state index is 0.00671. The second-order valence-corrected chi connectivity index (χ2v) is 10.5. The van der Waals surface area contributed by atoms with Crippen molar-refractivity contribution in [3.05, 3.63) is 58.7 Å². The zero-order valence-corrected chi connectivity index (χ0v) is 22.9. The lowest BCUT2D eigenvalue weighted by Crippen LogP contribution is -2.51. The molecule has 218 valence electrons. The molecule has 2 heterocycles. The number of benzene rings is 2. The van der Waals surface area contributed by atoms with Crippen molar-refractivity contribution in [2.24, 2.45) is 0 Å². The van der Waals surface area contributed by atoms with Crippen LogP contribution in [0.2, 0.25) is 0 Å². The molecular weight excluding hydrogens is 545 g/mol. The number of rotatable bonds is 9. The first-order valence-corrected chi connectivity index (χ1v) is 12.7. The summed E-state index contributed by atoms with van der Waals surface area (Å²) < 4.78 is 57.2. The van der Waals surface area contributed by atoms with E-state index >= 15 is 0 Å². The van der Waals surface area contributed by atoms with Crippen molar-refractivity contribution < 1.29 is 41.8 Å². The molecule has 0 atom stereocenters. The minimum Gasteiger partial charge on any atom is -0.468 e. The molecule has 0 bridgehead atoms. The van der Waals surface area contributed by atoms with Gasteiger partial charge in [0.1, 0.15) is 11.3 Å². The van der Waals surface area contributed by atoms with Gasteiger partial charge >= 0.3 is 12.2 Å². The number of alkyl halides is 3. The largest absolute Gasteiger partial charge is 0.468 e. The first-order chi connectivity index (χ1) is 19.2. The fourth-order valence-electron chi connectivity index (χ4n) is 4.58. The van der Waals surface area contributed by atoms with E-state index in [2.05, 4.69) is 5.32 Å². The lowest BCUT2D eigenvalue weighted by molar-refractivity contribution is -0.137. The molecule has 0 aromatic heterocycles. The molecule has 0 unspecified atom stereocenters. The van der Waals surface area contributed by atoms with E-state index in [9.17, 15) is 27.6 Å². The smallest absolute Gasteiger partial charge is 0.417 e. The predicted octanol–water partition coefficient (Wildman–Crippen LogP) is 4.22. The van der Waals surface area contributed by atoms with Crippen LogP contribution in [0.15, 0.2) is 36.4 Å². The number of hydrogen-bond donors (Lipinski definition) is 1. The summed E-state index contributed by atoms with van der Waals surface area (Å²) in [6, 6.07) is 8.59. The Morgan fingerprint density at radius 1 is 1.00 bits per heavy atom. The number of carbonyl (C=O) groups excluding carboxylic acids is 3. The maximum absolute atomic E-state index is 13.4. The van der Waals surface area contributed by atoms with E-state index in [1.807, 2.05) is 0 Å². The lowest BCUT2D eigenvalue weighted by Gasteiger charge is -2.33. The van der Waals surface area contributed by atoms with Gasteiger partial charge in [-0.1, -0.05) is 6.07 Å². The summed E-state index contributed by atoms with van der Waals surface area (Å²) in [4.78, 5) is 40.4. The van der Waals surface area contributed by atoms with Gasteiger partial charge in [0.2, 0.25) is 0 Å². The molecule has 2 aromatic carbocycles. The van der Waals surface area contributed by atoms with Gasteiger partial charge in [-0.15, -0.1) is 0 Å². The second-order valence-electron chi connectivity index (χ2n) is 10.5. The third-order valence-electron chi connectivity index (χ3n) is 6.68. The molecule has 0 radical (unpaired) electrons. The van der Waals surface area contributed by atoms with Gasteiger partial charge < -0.3 is 24.4 Å². The number of amides is 4. The monoisotopic (exact) mass is 574 g/mol. The number of urea groups is 1. The average Bonchev–Trinajstić information content (AvgIpc) is 3.05. The van der Waals surface area contributed by atoms with E-state index in [4.69, 9.17) is 19.5 Å². The molecule has 1 N–H and O–H groups in total. The Morgan fingerprint density at radius 2 is 1.71 bits per heavy atom. The van der Waals surface area contributed by atoms with Gasteiger partial charge in [0.15, 0.2) is 5.72 Å². The normalized spacial score (nSPS) is 17.7. The minimum atomic E-state index is -4.84. The molecule has 1 saturated heterocycles. The number of halogens is 3. The Labute approximate surface area is 234 Å². The van der Waals surface area contributed by atoms with Crippen LogP contribution in [-0.2, 0) is 27.1 Å². The van der Waals surface area contributed by atoms with E-state index < -0.39 is 40.5 Å². The maximum atomic E-state index is 13.4. The van der Waals surface area contributed by atoms with E-state index in [-0.39, 0.29) is 44.6 Å². The van der Waals surface area contributed by atoms with Gasteiger partial charge in [-0.2, -0.15) is 18.4 Å². The zero-order chi connectivity index (χ0) is 30.2. The number of nitrogens with zero attached hydrogens (tertiary/aromatic N) is 3. The van der Waals surface area contributed by atoms with Crippen molar-refractivity contribution in [1.82, 2.24) is 10.2 Å². The van der Waals surface area contributed by atoms with Crippen LogP contribution in [0.3, 0.4) is 0 Å². The SMILES string of the molecule is CC1(C)NC(=O)c2cc(COCCOCCN3C(=O)N(c4ccc(C#N)c(C(F)(F)F)c4)C(=O)C3(C)C)ccc2O1. The number of hydrogen-bond acceptors (Lipinski definition) is 7. The fourth-order valence-corrected chi connectivity index (χ4v) is 4.58. The van der Waals surface area contributed by atoms with Crippen LogP contribution in [0.1, 0.15) is 54.7 Å². The Morgan fingerprint density at radius 3 is 2.39 bits per heavy atom. The van der Waals surface area contributed by atoms with Crippen molar-refractivity contribution in [3.8, 4) is 11.8 Å². The van der Waals surface area contributed by atoms with E-state index in [1.165, 1.54) is 24.8 Å². The van der Waals surface area contributed by atoms with Crippen LogP contribution in [0, 0.1) is 11.3 Å². The maximum Gasteiger partial charge on any atom is 0.417 e. The van der Waals surface area contributed by atoms with Crippen LogP contribution in [0.4, 0.5) is 23.7 Å². The van der Waals surface area contributed by atoms with Gasteiger partial charge in [0, 0.05) is 6.54 Å². The number of carbonyl (C=O) groups is 3. The summed E-state index contributed by atoms with van der Waals surface area (Å²) >= 11 is 0. The Bertz CT molecular complexity index is 1420. The predicted molar refractivity (Wildman–Crippen MR) is 139 cm³/mol. The van der Waals surface area contributed by atoms with Crippen molar-refractivity contribution in [1.29, 1.82) is 5.26 Å². The van der Waals surface area contributed by atoms with Gasteiger partial charge in [0.05, 0.1) is 54.9 Å². The van der Waals surface area contributed by atoms with Gasteiger partial charge in [0.25, 0.3) is 11.8 Å². The van der Waals surface area contributed by atoms with E-state index in [1.54, 1.807) is 32.0 Å². The van der Waals surface area contributed by atoms with Crippen LogP contribution < -0.4 is 15.0 Å². The van der Waals surface area contributed by atoms with Gasteiger partial charge in [-0.3, -0.25) is 9.59 Å². The van der Waals surface area contributed by atoms with Crippen molar-refractivity contribution in [3.63, 3.8) is 0 Å². The van der Waals surface area contributed by atoms with E-state index in [0.29, 0.717) is 22.3 Å². The molecule has 13 heteroatoms. The van der Waals surface area contributed by atoms with Crippen molar-refractivity contribution in [2.45, 2.75) is 51.7 Å². The summed E-state index contributed by atoms with van der Waals surface area (Å²) in [6.45, 7) is 7.15. The third-order valence-corrected chi connectivity index (χ3v) is 6.68. The highest BCUT2D eigenvalue weighted by atomic mass is 19.4. The van der Waals surface area contributed by atoms with Crippen LogP contribution in [0.5, 0.6) is 5.75 Å². The molecule has 41 heavy (non-hydrogen) atoms. The summed E-state index contributed by atoms with van der Waals surface area (Å²) in [6.07, 6.45) is -4.84. The third kappa shape index (κ3) is 6.13. The standard InChI is InChI=1S/C28H29F3N4O6/c1-26(2)24(37)35(19-7-6-18(15-32)21(14-19)28(29,30)31)25(38)34(26)9-10-39-11-12-40-16-17-5-8-22-20(13-17)23(36)33-27(3,4)41-22/h5-8,13-14H,9-12,16H2,1-4H3,(H,33,36). The summed E-state index contributed by atoms with van der Waals surface area (Å²) in [5, 5.41) is 11.8. The van der Waals surface area contributed by atoms with E-state index in [0.717, 1.165) is 17.7 Å². The molecule has 4 amide bonds. The number of ether oxygens (including phenoxy) is 3. The molecule has 0 aliphatic carbocycles. The van der Waals surface area contributed by atoms with Crippen LogP contribution in [-0.4, -0.2) is 60.4 Å². The van der Waals surface area contributed by atoms with Crippen molar-refractivity contribution in [2.75, 3.05) is 31.3 Å². The van der Waals surface area contributed by atoms with Crippen LogP contribution in [0.25, 0.3) is 0 Å². The summed E-state index contributed by atoms with van der Waals surface area (Å²) in [7, 11) is 0. The Kier molecular flexibility index (Phi) is 8.02. The average molecular weight is 575 g/mol. The first-order valence-electron chi connectivity index (χ1n) is 12.7. The molecule has 0 saturated carbocycles. The lowest BCUT2D eigenvalue weighted by atomic mass is 10.0. The molecule has 0 spiro atoms. The molecule has 2 aromatic rings. The molecule has 2 aliphatic heterocycles. The molecule has 1 fully saturated rings. The fraction of sp³-hybridized carbons (Fsp3) is 0.429. The highest BCUT2D eigenvalue weighted by Crippen LogP contribution is 2.37. The molecule has 4 rings (SSSR count). The van der Waals surface area contributed by atoms with Crippen LogP contribution >= 0.6 is 0 Å². The number of nitrogens with one attached hydrogen (secondary N) is 1. The number of imide groups is 1. The Hall–Kier alpha value is -4.15. The molecule has 10 nitrogen and oxygen atoms in total. The van der Waals surface area contributed by atoms with Gasteiger partial charge in [-0.05, 0) is 63.6 Å². The number of anilines is 1. The molecule has 2 aliphatic rings. The van der Waals surface area contributed by atoms with Gasteiger partial charge in [-0.25, -0.2) is 9.69 Å². The zero-order valence-electron chi connectivity index (χ0n) is 22.9. The van der Waals surface area contributed by atoms with Crippen molar-refractivity contribution >= 4 is 23.5 Å². The summed E-state index contributed by atoms with van der Waals surface area (Å²) in [5.41, 5.74) is -3.05. The number of fused-ring (bicyclic) bond motifs is 1. The summed E-state index contributed by atoms with van der Waals surface area (Å²) in [5.74, 6) is -0.448. The highest BCUT2D eigenvalue weighted by Gasteiger charge is 2.52. The Balaban J connectivity index is 1.29. The highest BCUT2D eigenvalue weighted by molar-refractivity contribution is 6.23. The molecular formula is C28H29F3N4O6. The topological polar surface area (TPSA) is 121 Å². The quantitative estimate of drug-likeness (QED) is 0.352. The number of nitriles is 1.